The number of aliphatic carboxylic acids is 1. The summed E-state index contributed by atoms with van der Waals surface area (Å²) in [5.41, 5.74) is 0.769. The second-order valence-electron chi connectivity index (χ2n) is 3.16. The van der Waals surface area contributed by atoms with Gasteiger partial charge in [0.1, 0.15) is 6.54 Å². The summed E-state index contributed by atoms with van der Waals surface area (Å²) < 4.78 is 1.49. The summed E-state index contributed by atoms with van der Waals surface area (Å²) in [6, 6.07) is 0. The van der Waals surface area contributed by atoms with E-state index in [2.05, 4.69) is 10.3 Å². The van der Waals surface area contributed by atoms with Gasteiger partial charge in [-0.25, -0.2) is 4.98 Å². The molecule has 0 spiro atoms. The Bertz CT molecular complexity index is 359. The lowest BCUT2D eigenvalue weighted by Gasteiger charge is -1.98. The first kappa shape index (κ1) is 11.2. The van der Waals surface area contributed by atoms with Gasteiger partial charge in [-0.2, -0.15) is 0 Å². The van der Waals surface area contributed by atoms with Gasteiger partial charge in [-0.05, 0) is 0 Å². The maximum Gasteiger partial charge on any atom is 0.323 e. The fourth-order valence-electron chi connectivity index (χ4n) is 1.14. The molecule has 1 aromatic rings. The molecule has 0 aliphatic rings. The number of carboxylic acids is 1. The number of hydrogen-bond donors (Lipinski definition) is 2. The van der Waals surface area contributed by atoms with Gasteiger partial charge in [-0.3, -0.25) is 9.59 Å². The minimum Gasteiger partial charge on any atom is -0.480 e. The Morgan fingerprint density at radius 2 is 2.33 bits per heavy atom. The van der Waals surface area contributed by atoms with Crippen LogP contribution >= 0.6 is 0 Å². The summed E-state index contributed by atoms with van der Waals surface area (Å²) in [5, 5.41) is 11.2. The van der Waals surface area contributed by atoms with Crippen molar-refractivity contribution in [2.24, 2.45) is 0 Å². The summed E-state index contributed by atoms with van der Waals surface area (Å²) in [5.74, 6) is -0.985. The zero-order valence-corrected chi connectivity index (χ0v) is 8.43. The Labute approximate surface area is 86.9 Å². The second-order valence-corrected chi connectivity index (χ2v) is 3.16. The molecule has 0 unspecified atom stereocenters. The number of amides is 1. The molecule has 0 radical (unpaired) electrons. The predicted octanol–water partition coefficient (Wildman–Crippen LogP) is -0.354. The van der Waals surface area contributed by atoms with E-state index in [1.807, 2.05) is 0 Å². The molecular formula is C9H13N3O3. The number of carbonyl (C=O) groups excluding carboxylic acids is 1. The number of rotatable bonds is 5. The van der Waals surface area contributed by atoms with E-state index in [4.69, 9.17) is 5.11 Å². The Hall–Kier alpha value is -1.85. The molecule has 0 aliphatic carbocycles. The average Bonchev–Trinajstić information content (AvgIpc) is 2.50. The van der Waals surface area contributed by atoms with E-state index in [0.717, 1.165) is 5.69 Å². The van der Waals surface area contributed by atoms with Crippen LogP contribution in [0.5, 0.6) is 0 Å². The van der Waals surface area contributed by atoms with Crippen LogP contribution in [0.2, 0.25) is 0 Å². The van der Waals surface area contributed by atoms with Crippen LogP contribution in [-0.4, -0.2) is 33.1 Å². The lowest BCUT2D eigenvalue weighted by Crippen LogP contribution is -2.22. The highest BCUT2D eigenvalue weighted by Gasteiger charge is 2.02. The number of carbonyl (C=O) groups is 2. The number of aromatic nitrogens is 2. The van der Waals surface area contributed by atoms with Crippen LogP contribution in [0.1, 0.15) is 12.6 Å². The van der Waals surface area contributed by atoms with E-state index in [1.54, 1.807) is 6.20 Å². The molecular weight excluding hydrogens is 198 g/mol. The molecule has 0 saturated carbocycles. The third-order valence-electron chi connectivity index (χ3n) is 1.76. The number of carboxylic acid groups (broad SMARTS) is 1. The molecule has 0 aliphatic heterocycles. The topological polar surface area (TPSA) is 84.2 Å². The molecule has 0 bridgehead atoms. The molecule has 0 atom stereocenters. The van der Waals surface area contributed by atoms with Crippen molar-refractivity contribution in [3.8, 4) is 0 Å². The third kappa shape index (κ3) is 4.26. The highest BCUT2D eigenvalue weighted by atomic mass is 16.4. The van der Waals surface area contributed by atoms with Gasteiger partial charge in [-0.15, -0.1) is 0 Å². The molecule has 1 heterocycles. The summed E-state index contributed by atoms with van der Waals surface area (Å²) in [6.45, 7) is 1.87. The van der Waals surface area contributed by atoms with Gasteiger partial charge >= 0.3 is 5.97 Å². The molecule has 6 nitrogen and oxygen atoms in total. The Balaban J connectivity index is 2.39. The van der Waals surface area contributed by atoms with Gasteiger partial charge in [-0.1, -0.05) is 0 Å². The molecule has 2 N–H and O–H groups in total. The zero-order chi connectivity index (χ0) is 11.3. The molecule has 0 aromatic carbocycles. The normalized spacial score (nSPS) is 9.93. The molecule has 15 heavy (non-hydrogen) atoms. The van der Waals surface area contributed by atoms with Crippen molar-refractivity contribution in [3.63, 3.8) is 0 Å². The van der Waals surface area contributed by atoms with Crippen LogP contribution in [0.25, 0.3) is 0 Å². The predicted molar refractivity (Wildman–Crippen MR) is 52.3 cm³/mol. The maximum atomic E-state index is 10.6. The minimum absolute atomic E-state index is 0.0834. The van der Waals surface area contributed by atoms with E-state index < -0.39 is 5.97 Å². The second kappa shape index (κ2) is 5.14. The molecule has 1 amide bonds. The molecule has 1 aromatic heterocycles. The molecule has 0 fully saturated rings. The molecule has 6 heteroatoms. The van der Waals surface area contributed by atoms with Crippen molar-refractivity contribution in [2.75, 3.05) is 6.54 Å². The van der Waals surface area contributed by atoms with Crippen molar-refractivity contribution in [3.05, 3.63) is 18.2 Å². The molecule has 1 rings (SSSR count). The number of imidazole rings is 1. The van der Waals surface area contributed by atoms with Crippen molar-refractivity contribution in [1.82, 2.24) is 14.9 Å². The zero-order valence-electron chi connectivity index (χ0n) is 8.43. The van der Waals surface area contributed by atoms with Gasteiger partial charge in [0.05, 0.1) is 12.0 Å². The van der Waals surface area contributed by atoms with Gasteiger partial charge in [0.15, 0.2) is 0 Å². The van der Waals surface area contributed by atoms with Gasteiger partial charge in [0.25, 0.3) is 0 Å². The van der Waals surface area contributed by atoms with Gasteiger partial charge in [0.2, 0.25) is 5.91 Å². The Morgan fingerprint density at radius 1 is 1.60 bits per heavy atom. The number of hydrogen-bond acceptors (Lipinski definition) is 3. The lowest BCUT2D eigenvalue weighted by molar-refractivity contribution is -0.137. The average molecular weight is 211 g/mol. The van der Waals surface area contributed by atoms with E-state index in [0.29, 0.717) is 13.0 Å². The number of nitrogens with one attached hydrogen (secondary N) is 1. The monoisotopic (exact) mass is 211 g/mol. The van der Waals surface area contributed by atoms with Crippen molar-refractivity contribution < 1.29 is 14.7 Å². The molecule has 82 valence electrons. The van der Waals surface area contributed by atoms with Gasteiger partial charge < -0.3 is 15.0 Å². The highest BCUT2D eigenvalue weighted by Crippen LogP contribution is 1.96. The SMILES string of the molecule is CC(=O)NCCc1cn(CC(=O)O)cn1. The van der Waals surface area contributed by atoms with E-state index in [-0.39, 0.29) is 12.5 Å². The van der Waals surface area contributed by atoms with Crippen molar-refractivity contribution >= 4 is 11.9 Å². The first-order valence-electron chi connectivity index (χ1n) is 4.55. The molecule has 0 saturated heterocycles. The van der Waals surface area contributed by atoms with Crippen LogP contribution in [0.3, 0.4) is 0 Å². The van der Waals surface area contributed by atoms with Crippen LogP contribution in [0.4, 0.5) is 0 Å². The summed E-state index contributed by atoms with van der Waals surface area (Å²) >= 11 is 0. The Morgan fingerprint density at radius 3 is 2.93 bits per heavy atom. The fourth-order valence-corrected chi connectivity index (χ4v) is 1.14. The number of nitrogens with zero attached hydrogens (tertiary/aromatic N) is 2. The summed E-state index contributed by atoms with van der Waals surface area (Å²) in [7, 11) is 0. The standard InChI is InChI=1S/C9H13N3O3/c1-7(13)10-3-2-8-4-12(6-11-8)5-9(14)15/h4,6H,2-3,5H2,1H3,(H,10,13)(H,14,15). The largest absolute Gasteiger partial charge is 0.480 e. The summed E-state index contributed by atoms with van der Waals surface area (Å²) in [6.07, 6.45) is 3.74. The first-order valence-corrected chi connectivity index (χ1v) is 4.55. The van der Waals surface area contributed by atoms with Crippen LogP contribution in [0, 0.1) is 0 Å². The van der Waals surface area contributed by atoms with E-state index in [1.165, 1.54) is 17.8 Å². The van der Waals surface area contributed by atoms with Crippen LogP contribution in [0.15, 0.2) is 12.5 Å². The quantitative estimate of drug-likeness (QED) is 0.697. The van der Waals surface area contributed by atoms with E-state index >= 15 is 0 Å². The van der Waals surface area contributed by atoms with Crippen LogP contribution < -0.4 is 5.32 Å². The Kier molecular flexibility index (Phi) is 3.84. The smallest absolute Gasteiger partial charge is 0.323 e. The van der Waals surface area contributed by atoms with Crippen molar-refractivity contribution in [2.45, 2.75) is 19.9 Å². The van der Waals surface area contributed by atoms with Crippen molar-refractivity contribution in [1.29, 1.82) is 0 Å². The van der Waals surface area contributed by atoms with Gasteiger partial charge in [0, 0.05) is 26.1 Å². The summed E-state index contributed by atoms with van der Waals surface area (Å²) in [4.78, 5) is 25.0. The lowest BCUT2D eigenvalue weighted by atomic mass is 10.3. The maximum absolute atomic E-state index is 10.6. The van der Waals surface area contributed by atoms with Crippen LogP contribution in [-0.2, 0) is 22.6 Å². The first-order chi connectivity index (χ1) is 7.08. The third-order valence-corrected chi connectivity index (χ3v) is 1.76. The highest BCUT2D eigenvalue weighted by molar-refractivity contribution is 5.72. The fraction of sp³-hybridized carbons (Fsp3) is 0.444. The minimum atomic E-state index is -0.902. The van der Waals surface area contributed by atoms with E-state index in [9.17, 15) is 9.59 Å².